The maximum atomic E-state index is 5.64. The van der Waals surface area contributed by atoms with Gasteiger partial charge in [0.15, 0.2) is 0 Å². The molecule has 0 aromatic carbocycles. The molecule has 0 aliphatic rings. The number of pyridine rings is 1. The van der Waals surface area contributed by atoms with Crippen LogP contribution in [-0.2, 0) is 13.6 Å². The molecule has 0 aliphatic carbocycles. The second-order valence-corrected chi connectivity index (χ2v) is 3.92. The molecule has 0 aliphatic heterocycles. The number of nitrogens with two attached hydrogens (primary N) is 1. The van der Waals surface area contributed by atoms with Crippen molar-refractivity contribution in [2.45, 2.75) is 6.54 Å². The first kappa shape index (κ1) is 10.3. The van der Waals surface area contributed by atoms with Crippen molar-refractivity contribution in [3.05, 3.63) is 34.8 Å². The van der Waals surface area contributed by atoms with Gasteiger partial charge in [0.25, 0.3) is 0 Å². The van der Waals surface area contributed by atoms with E-state index in [0.29, 0.717) is 6.54 Å². The lowest BCUT2D eigenvalue weighted by Gasteiger charge is -2.03. The van der Waals surface area contributed by atoms with Crippen LogP contribution < -0.4 is 5.73 Å². The van der Waals surface area contributed by atoms with Gasteiger partial charge >= 0.3 is 0 Å². The normalized spacial score (nSPS) is 10.6. The largest absolute Gasteiger partial charge is 0.329 e. The zero-order chi connectivity index (χ0) is 10.8. The molecule has 2 heterocycles. The van der Waals surface area contributed by atoms with Crippen molar-refractivity contribution in [1.82, 2.24) is 14.5 Å². The summed E-state index contributed by atoms with van der Waals surface area (Å²) in [5.74, 6) is 0.893. The number of halogens is 1. The number of hydrogen-bond donors (Lipinski definition) is 1. The summed E-state index contributed by atoms with van der Waals surface area (Å²) < 4.78 is 2.79. The van der Waals surface area contributed by atoms with Crippen LogP contribution in [0.15, 0.2) is 29.1 Å². The van der Waals surface area contributed by atoms with Gasteiger partial charge in [-0.2, -0.15) is 0 Å². The summed E-state index contributed by atoms with van der Waals surface area (Å²) in [6, 6.07) is 3.85. The van der Waals surface area contributed by atoms with Crippen molar-refractivity contribution in [1.29, 1.82) is 0 Å². The molecule has 0 saturated carbocycles. The van der Waals surface area contributed by atoms with Gasteiger partial charge in [-0.25, -0.2) is 4.98 Å². The number of aromatic nitrogens is 3. The van der Waals surface area contributed by atoms with Crippen molar-refractivity contribution >= 4 is 15.9 Å². The molecule has 2 aromatic rings. The van der Waals surface area contributed by atoms with E-state index in [1.807, 2.05) is 23.7 Å². The van der Waals surface area contributed by atoms with Gasteiger partial charge in [-0.05, 0) is 28.1 Å². The van der Waals surface area contributed by atoms with Crippen LogP contribution >= 0.6 is 15.9 Å². The first-order valence-electron chi connectivity index (χ1n) is 4.55. The first-order chi connectivity index (χ1) is 7.24. The fraction of sp³-hybridized carbons (Fsp3) is 0.200. The summed E-state index contributed by atoms with van der Waals surface area (Å²) in [6.45, 7) is 0.467. The Bertz CT molecular complexity index is 464. The Morgan fingerprint density at radius 3 is 2.60 bits per heavy atom. The highest BCUT2D eigenvalue weighted by Crippen LogP contribution is 2.23. The number of imidazole rings is 1. The summed E-state index contributed by atoms with van der Waals surface area (Å²) in [6.07, 6.45) is 3.50. The minimum absolute atomic E-state index is 0.467. The second-order valence-electron chi connectivity index (χ2n) is 3.17. The van der Waals surface area contributed by atoms with Gasteiger partial charge < -0.3 is 10.3 Å². The molecule has 0 bridgehead atoms. The fourth-order valence-electron chi connectivity index (χ4n) is 1.48. The predicted molar refractivity (Wildman–Crippen MR) is 62.0 cm³/mol. The van der Waals surface area contributed by atoms with Crippen molar-refractivity contribution in [3.8, 4) is 11.4 Å². The maximum absolute atomic E-state index is 5.64. The molecule has 0 fully saturated rings. The summed E-state index contributed by atoms with van der Waals surface area (Å²) in [4.78, 5) is 8.40. The highest BCUT2D eigenvalue weighted by Gasteiger charge is 2.12. The average Bonchev–Trinajstić information content (AvgIpc) is 2.55. The van der Waals surface area contributed by atoms with Crippen LogP contribution in [0.25, 0.3) is 11.4 Å². The molecule has 0 atom stereocenters. The van der Waals surface area contributed by atoms with E-state index in [4.69, 9.17) is 5.73 Å². The molecule has 4 nitrogen and oxygen atoms in total. The van der Waals surface area contributed by atoms with E-state index >= 15 is 0 Å². The molecule has 2 N–H and O–H groups in total. The van der Waals surface area contributed by atoms with Gasteiger partial charge in [-0.15, -0.1) is 0 Å². The molecule has 2 aromatic heterocycles. The molecule has 0 spiro atoms. The van der Waals surface area contributed by atoms with Crippen LogP contribution in [-0.4, -0.2) is 14.5 Å². The lowest BCUT2D eigenvalue weighted by atomic mass is 10.2. The van der Waals surface area contributed by atoms with Gasteiger partial charge in [-0.1, -0.05) is 0 Å². The van der Waals surface area contributed by atoms with Crippen LogP contribution in [0, 0.1) is 0 Å². The number of hydrogen-bond acceptors (Lipinski definition) is 3. The third-order valence-corrected chi connectivity index (χ3v) is 2.93. The van der Waals surface area contributed by atoms with Crippen molar-refractivity contribution in [3.63, 3.8) is 0 Å². The lowest BCUT2D eigenvalue weighted by Crippen LogP contribution is -2.04. The monoisotopic (exact) mass is 266 g/mol. The van der Waals surface area contributed by atoms with Gasteiger partial charge in [0.1, 0.15) is 10.4 Å². The van der Waals surface area contributed by atoms with Gasteiger partial charge in [0, 0.05) is 31.5 Å². The van der Waals surface area contributed by atoms with Crippen molar-refractivity contribution in [2.24, 2.45) is 12.8 Å². The molecule has 78 valence electrons. The van der Waals surface area contributed by atoms with Gasteiger partial charge in [-0.3, -0.25) is 4.98 Å². The average molecular weight is 267 g/mol. The standard InChI is InChI=1S/C10H11BrN4/c1-15-8(6-12)9(11)14-10(15)7-2-4-13-5-3-7/h2-5H,6,12H2,1H3. The Hall–Kier alpha value is -1.20. The van der Waals surface area contributed by atoms with Crippen LogP contribution in [0.5, 0.6) is 0 Å². The van der Waals surface area contributed by atoms with Crippen LogP contribution in [0.1, 0.15) is 5.69 Å². The summed E-state index contributed by atoms with van der Waals surface area (Å²) >= 11 is 3.40. The molecule has 0 unspecified atom stereocenters. The van der Waals surface area contributed by atoms with E-state index in [1.54, 1.807) is 12.4 Å². The molecule has 0 saturated heterocycles. The summed E-state index contributed by atoms with van der Waals surface area (Å²) in [5.41, 5.74) is 7.66. The van der Waals surface area contributed by atoms with Gasteiger partial charge in [0.2, 0.25) is 0 Å². The van der Waals surface area contributed by atoms with E-state index < -0.39 is 0 Å². The van der Waals surface area contributed by atoms with E-state index in [0.717, 1.165) is 21.7 Å². The molecule has 0 amide bonds. The summed E-state index contributed by atoms with van der Waals surface area (Å²) in [5, 5.41) is 0. The Balaban J connectivity index is 2.55. The Labute approximate surface area is 96.3 Å². The molecular formula is C10H11BrN4. The van der Waals surface area contributed by atoms with E-state index in [2.05, 4.69) is 25.9 Å². The van der Waals surface area contributed by atoms with Gasteiger partial charge in [0.05, 0.1) is 5.69 Å². The minimum atomic E-state index is 0.467. The quantitative estimate of drug-likeness (QED) is 0.901. The molecule has 0 radical (unpaired) electrons. The number of rotatable bonds is 2. The van der Waals surface area contributed by atoms with E-state index in [-0.39, 0.29) is 0 Å². The fourth-order valence-corrected chi connectivity index (χ4v) is 2.07. The van der Waals surface area contributed by atoms with E-state index in [1.165, 1.54) is 0 Å². The van der Waals surface area contributed by atoms with Crippen LogP contribution in [0.4, 0.5) is 0 Å². The summed E-state index contributed by atoms with van der Waals surface area (Å²) in [7, 11) is 1.95. The molecular weight excluding hydrogens is 256 g/mol. The highest BCUT2D eigenvalue weighted by molar-refractivity contribution is 9.10. The topological polar surface area (TPSA) is 56.7 Å². The minimum Gasteiger partial charge on any atom is -0.329 e. The number of nitrogens with zero attached hydrogens (tertiary/aromatic N) is 3. The predicted octanol–water partition coefficient (Wildman–Crippen LogP) is 1.70. The third-order valence-electron chi connectivity index (χ3n) is 2.30. The molecule has 5 heteroatoms. The SMILES string of the molecule is Cn1c(-c2ccncc2)nc(Br)c1CN. The zero-order valence-corrected chi connectivity index (χ0v) is 9.90. The smallest absolute Gasteiger partial charge is 0.141 e. The Kier molecular flexibility index (Phi) is 2.83. The maximum Gasteiger partial charge on any atom is 0.141 e. The Morgan fingerprint density at radius 2 is 2.07 bits per heavy atom. The van der Waals surface area contributed by atoms with Crippen LogP contribution in [0.3, 0.4) is 0 Å². The molecule has 2 rings (SSSR count). The van der Waals surface area contributed by atoms with Crippen molar-refractivity contribution < 1.29 is 0 Å². The first-order valence-corrected chi connectivity index (χ1v) is 5.35. The van der Waals surface area contributed by atoms with Crippen LogP contribution in [0.2, 0.25) is 0 Å². The highest BCUT2D eigenvalue weighted by atomic mass is 79.9. The second kappa shape index (κ2) is 4.12. The lowest BCUT2D eigenvalue weighted by molar-refractivity contribution is 0.825. The van der Waals surface area contributed by atoms with Crippen molar-refractivity contribution in [2.75, 3.05) is 0 Å². The Morgan fingerprint density at radius 1 is 1.40 bits per heavy atom. The third kappa shape index (κ3) is 1.80. The molecule has 15 heavy (non-hydrogen) atoms. The zero-order valence-electron chi connectivity index (χ0n) is 8.31. The van der Waals surface area contributed by atoms with E-state index in [9.17, 15) is 0 Å².